The Morgan fingerprint density at radius 1 is 1.08 bits per heavy atom. The standard InChI is InChI=1S/C27H30N2O7S/c1-3-4-8-20-9-5-6-12-26(20)37(32,33)29-24-13-19(16-28)14-25(35-18-21(31)17-30)27(24)36-23-11-7-10-22(15-23)34-2/h5-7,9-15,21,29-31H,3-4,8,17-18H2,1-2H3. The number of anilines is 1. The minimum atomic E-state index is -4.09. The van der Waals surface area contributed by atoms with E-state index in [2.05, 4.69) is 4.72 Å². The lowest BCUT2D eigenvalue weighted by atomic mass is 10.1. The van der Waals surface area contributed by atoms with Gasteiger partial charge in [0.2, 0.25) is 0 Å². The molecule has 3 aromatic rings. The molecule has 0 aliphatic carbocycles. The predicted molar refractivity (Wildman–Crippen MR) is 139 cm³/mol. The van der Waals surface area contributed by atoms with Crippen molar-refractivity contribution >= 4 is 15.7 Å². The summed E-state index contributed by atoms with van der Waals surface area (Å²) in [4.78, 5) is 0.122. The molecule has 3 rings (SSSR count). The van der Waals surface area contributed by atoms with Crippen molar-refractivity contribution in [2.45, 2.75) is 37.2 Å². The van der Waals surface area contributed by atoms with Gasteiger partial charge in [-0.1, -0.05) is 37.6 Å². The zero-order chi connectivity index (χ0) is 26.8. The third-order valence-electron chi connectivity index (χ3n) is 5.39. The minimum absolute atomic E-state index is 0.00587. The van der Waals surface area contributed by atoms with Crippen LogP contribution in [0.15, 0.2) is 65.6 Å². The molecule has 0 saturated heterocycles. The summed E-state index contributed by atoms with van der Waals surface area (Å²) < 4.78 is 46.5. The number of benzene rings is 3. The van der Waals surface area contributed by atoms with E-state index >= 15 is 0 Å². The Morgan fingerprint density at radius 2 is 1.84 bits per heavy atom. The first-order chi connectivity index (χ1) is 17.8. The van der Waals surface area contributed by atoms with Gasteiger partial charge < -0.3 is 24.4 Å². The Kier molecular flexibility index (Phi) is 9.74. The van der Waals surface area contributed by atoms with Gasteiger partial charge in [-0.15, -0.1) is 0 Å². The molecule has 0 amide bonds. The molecule has 10 heteroatoms. The first kappa shape index (κ1) is 27.8. The van der Waals surface area contributed by atoms with Crippen LogP contribution in [0.5, 0.6) is 23.0 Å². The molecule has 0 spiro atoms. The number of nitrogens with zero attached hydrogens (tertiary/aromatic N) is 1. The van der Waals surface area contributed by atoms with Crippen molar-refractivity contribution in [2.24, 2.45) is 0 Å². The Labute approximate surface area is 216 Å². The summed E-state index contributed by atoms with van der Waals surface area (Å²) >= 11 is 0. The van der Waals surface area contributed by atoms with Crippen LogP contribution >= 0.6 is 0 Å². The largest absolute Gasteiger partial charge is 0.497 e. The van der Waals surface area contributed by atoms with Crippen LogP contribution in [-0.4, -0.2) is 45.1 Å². The van der Waals surface area contributed by atoms with Crippen molar-refractivity contribution in [1.82, 2.24) is 0 Å². The van der Waals surface area contributed by atoms with E-state index in [0.717, 1.165) is 12.8 Å². The lowest BCUT2D eigenvalue weighted by Gasteiger charge is -2.20. The maximum absolute atomic E-state index is 13.5. The van der Waals surface area contributed by atoms with E-state index in [-0.39, 0.29) is 34.3 Å². The number of hydrogen-bond donors (Lipinski definition) is 3. The average Bonchev–Trinajstić information content (AvgIpc) is 2.91. The topological polar surface area (TPSA) is 138 Å². The SMILES string of the molecule is CCCCc1ccccc1S(=O)(=O)Nc1cc(C#N)cc(OCC(O)CO)c1Oc1cccc(OC)c1. The summed E-state index contributed by atoms with van der Waals surface area (Å²) in [5, 5.41) is 28.6. The van der Waals surface area contributed by atoms with Crippen LogP contribution in [0.2, 0.25) is 0 Å². The summed E-state index contributed by atoms with van der Waals surface area (Å²) in [5.74, 6) is 0.815. The molecule has 0 aliphatic heterocycles. The summed E-state index contributed by atoms with van der Waals surface area (Å²) in [6, 6.07) is 18.1. The normalized spacial score (nSPS) is 11.9. The number of hydrogen-bond acceptors (Lipinski definition) is 8. The highest BCUT2D eigenvalue weighted by molar-refractivity contribution is 7.92. The Balaban J connectivity index is 2.10. The van der Waals surface area contributed by atoms with Gasteiger partial charge in [-0.2, -0.15) is 5.26 Å². The van der Waals surface area contributed by atoms with Gasteiger partial charge in [-0.05, 0) is 42.7 Å². The summed E-state index contributed by atoms with van der Waals surface area (Å²) in [6.07, 6.45) is 1.13. The molecule has 0 fully saturated rings. The van der Waals surface area contributed by atoms with Crippen LogP contribution in [0.4, 0.5) is 5.69 Å². The molecule has 9 nitrogen and oxygen atoms in total. The second kappa shape index (κ2) is 13.0. The maximum Gasteiger partial charge on any atom is 0.262 e. The highest BCUT2D eigenvalue weighted by Gasteiger charge is 2.24. The van der Waals surface area contributed by atoms with E-state index in [1.54, 1.807) is 42.5 Å². The Bertz CT molecular complexity index is 1350. The van der Waals surface area contributed by atoms with Gasteiger partial charge in [-0.25, -0.2) is 8.42 Å². The molecule has 0 radical (unpaired) electrons. The summed E-state index contributed by atoms with van der Waals surface area (Å²) in [7, 11) is -2.59. The van der Waals surface area contributed by atoms with E-state index in [1.807, 2.05) is 13.0 Å². The third kappa shape index (κ3) is 7.36. The zero-order valence-corrected chi connectivity index (χ0v) is 21.5. The molecule has 196 valence electrons. The number of unbranched alkanes of at least 4 members (excludes halogenated alkanes) is 1. The van der Waals surface area contributed by atoms with Gasteiger partial charge in [0.05, 0.1) is 35.9 Å². The summed E-state index contributed by atoms with van der Waals surface area (Å²) in [5.41, 5.74) is 0.746. The van der Waals surface area contributed by atoms with Crippen LogP contribution < -0.4 is 18.9 Å². The number of aryl methyl sites for hydroxylation is 1. The molecule has 0 bridgehead atoms. The van der Waals surface area contributed by atoms with E-state index in [0.29, 0.717) is 23.5 Å². The predicted octanol–water partition coefficient (Wildman–Crippen LogP) is 4.23. The Morgan fingerprint density at radius 3 is 2.54 bits per heavy atom. The number of nitrogens with one attached hydrogen (secondary N) is 1. The molecule has 0 saturated carbocycles. The van der Waals surface area contributed by atoms with Gasteiger partial charge in [0, 0.05) is 12.1 Å². The van der Waals surface area contributed by atoms with E-state index in [9.17, 15) is 23.9 Å². The number of ether oxygens (including phenoxy) is 3. The number of nitriles is 1. The molecule has 37 heavy (non-hydrogen) atoms. The first-order valence-corrected chi connectivity index (χ1v) is 13.2. The fraction of sp³-hybridized carbons (Fsp3) is 0.296. The van der Waals surface area contributed by atoms with Crippen molar-refractivity contribution in [3.8, 4) is 29.1 Å². The number of methoxy groups -OCH3 is 1. The van der Waals surface area contributed by atoms with Crippen molar-refractivity contribution in [3.63, 3.8) is 0 Å². The highest BCUT2D eigenvalue weighted by atomic mass is 32.2. The van der Waals surface area contributed by atoms with Gasteiger partial charge in [-0.3, -0.25) is 4.72 Å². The van der Waals surface area contributed by atoms with Crippen molar-refractivity contribution in [2.75, 3.05) is 25.0 Å². The second-order valence-corrected chi connectivity index (χ2v) is 9.86. The van der Waals surface area contributed by atoms with E-state index < -0.39 is 22.7 Å². The molecular formula is C27H30N2O7S. The maximum atomic E-state index is 13.5. The fourth-order valence-corrected chi connectivity index (χ4v) is 4.84. The van der Waals surface area contributed by atoms with Crippen molar-refractivity contribution < 1.29 is 32.8 Å². The van der Waals surface area contributed by atoms with Crippen LogP contribution in [0, 0.1) is 11.3 Å². The number of aliphatic hydroxyl groups excluding tert-OH is 2. The average molecular weight is 527 g/mol. The minimum Gasteiger partial charge on any atom is -0.497 e. The molecule has 0 aromatic heterocycles. The highest BCUT2D eigenvalue weighted by Crippen LogP contribution is 2.42. The zero-order valence-electron chi connectivity index (χ0n) is 20.7. The molecule has 0 aliphatic rings. The summed E-state index contributed by atoms with van der Waals surface area (Å²) in [6.45, 7) is 1.17. The smallest absolute Gasteiger partial charge is 0.262 e. The van der Waals surface area contributed by atoms with Gasteiger partial charge in [0.1, 0.15) is 24.2 Å². The number of aliphatic hydroxyl groups is 2. The van der Waals surface area contributed by atoms with Crippen LogP contribution in [0.3, 0.4) is 0 Å². The van der Waals surface area contributed by atoms with Crippen LogP contribution in [-0.2, 0) is 16.4 Å². The quantitative estimate of drug-likeness (QED) is 0.301. The van der Waals surface area contributed by atoms with Gasteiger partial charge in [0.15, 0.2) is 11.5 Å². The molecular weight excluding hydrogens is 496 g/mol. The van der Waals surface area contributed by atoms with Crippen molar-refractivity contribution in [1.29, 1.82) is 5.26 Å². The Hall–Kier alpha value is -3.78. The second-order valence-electron chi connectivity index (χ2n) is 8.21. The van der Waals surface area contributed by atoms with E-state index in [4.69, 9.17) is 14.2 Å². The van der Waals surface area contributed by atoms with Gasteiger partial charge in [0.25, 0.3) is 10.0 Å². The first-order valence-electron chi connectivity index (χ1n) is 11.7. The van der Waals surface area contributed by atoms with Crippen LogP contribution in [0.25, 0.3) is 0 Å². The molecule has 0 heterocycles. The third-order valence-corrected chi connectivity index (χ3v) is 6.86. The van der Waals surface area contributed by atoms with Crippen molar-refractivity contribution in [3.05, 3.63) is 71.8 Å². The molecule has 3 aromatic carbocycles. The van der Waals surface area contributed by atoms with Crippen LogP contribution in [0.1, 0.15) is 30.9 Å². The lowest BCUT2D eigenvalue weighted by molar-refractivity contribution is 0.0529. The monoisotopic (exact) mass is 526 g/mol. The lowest BCUT2D eigenvalue weighted by Crippen LogP contribution is -2.21. The van der Waals surface area contributed by atoms with Gasteiger partial charge >= 0.3 is 0 Å². The molecule has 3 N–H and O–H groups in total. The fourth-order valence-electron chi connectivity index (χ4n) is 3.52. The molecule has 1 unspecified atom stereocenters. The molecule has 1 atom stereocenters. The number of rotatable bonds is 13. The number of sulfonamides is 1. The van der Waals surface area contributed by atoms with E-state index in [1.165, 1.54) is 25.3 Å².